The van der Waals surface area contributed by atoms with Crippen LogP contribution in [0.3, 0.4) is 0 Å². The number of aliphatic hydroxyl groups is 1. The van der Waals surface area contributed by atoms with Crippen molar-refractivity contribution in [2.24, 2.45) is 5.73 Å². The number of carbonyl (C=O) groups is 1. The summed E-state index contributed by atoms with van der Waals surface area (Å²) in [4.78, 5) is 11.6. The minimum absolute atomic E-state index is 0.0503. The van der Waals surface area contributed by atoms with Gasteiger partial charge in [0.1, 0.15) is 0 Å². The summed E-state index contributed by atoms with van der Waals surface area (Å²) < 4.78 is 85.1. The molecule has 0 bridgehead atoms. The molecule has 1 aromatic carbocycles. The number of primary amides is 1. The van der Waals surface area contributed by atoms with Gasteiger partial charge in [-0.05, 0) is 56.0 Å². The van der Waals surface area contributed by atoms with Crippen molar-refractivity contribution in [3.05, 3.63) is 71.3 Å². The van der Waals surface area contributed by atoms with Crippen molar-refractivity contribution in [2.75, 3.05) is 13.2 Å². The number of allylic oxidation sites excluding steroid dienone is 3. The summed E-state index contributed by atoms with van der Waals surface area (Å²) in [6.07, 6.45) is -4.21. The maximum Gasteiger partial charge on any atom is 0.416 e. The van der Waals surface area contributed by atoms with Crippen LogP contribution in [0.4, 0.5) is 26.3 Å². The van der Waals surface area contributed by atoms with E-state index >= 15 is 0 Å². The fourth-order valence-corrected chi connectivity index (χ4v) is 3.63. The average Bonchev–Trinajstić information content (AvgIpc) is 2.77. The van der Waals surface area contributed by atoms with Crippen LogP contribution in [0.15, 0.2) is 54.7 Å². The molecular weight excluding hydrogens is 478 g/mol. The van der Waals surface area contributed by atoms with Gasteiger partial charge in [0.25, 0.3) is 5.91 Å². The summed E-state index contributed by atoms with van der Waals surface area (Å²) in [5.41, 5.74) is -0.292. The molecule has 1 heterocycles. The number of hydrogen-bond acceptors (Lipinski definition) is 4. The molecule has 35 heavy (non-hydrogen) atoms. The lowest BCUT2D eigenvalue weighted by Gasteiger charge is -2.44. The number of nitrogens with one attached hydrogen (secondary N) is 1. The normalized spacial score (nSPS) is 24.7. The van der Waals surface area contributed by atoms with E-state index < -0.39 is 46.6 Å². The minimum Gasteiger partial charge on any atom is -0.379 e. The smallest absolute Gasteiger partial charge is 0.379 e. The maximum absolute atomic E-state index is 13.2. The zero-order valence-corrected chi connectivity index (χ0v) is 19.3. The van der Waals surface area contributed by atoms with Gasteiger partial charge in [-0.2, -0.15) is 26.3 Å². The highest BCUT2D eigenvalue weighted by Crippen LogP contribution is 2.39. The molecule has 194 valence electrons. The van der Waals surface area contributed by atoms with Gasteiger partial charge in [-0.15, -0.1) is 0 Å². The van der Waals surface area contributed by atoms with Crippen LogP contribution >= 0.6 is 0 Å². The van der Waals surface area contributed by atoms with E-state index in [-0.39, 0.29) is 37.6 Å². The summed E-state index contributed by atoms with van der Waals surface area (Å²) in [5, 5.41) is 13.4. The summed E-state index contributed by atoms with van der Waals surface area (Å²) >= 11 is 0. The Kier molecular flexibility index (Phi) is 8.62. The molecule has 0 radical (unpaired) electrons. The first-order valence-corrected chi connectivity index (χ1v) is 10.7. The first kappa shape index (κ1) is 28.6. The lowest BCUT2D eigenvalue weighted by atomic mass is 9.77. The third-order valence-electron chi connectivity index (χ3n) is 6.02. The Balaban J connectivity index is 2.34. The number of nitrogens with two attached hydrogens (primary N) is 1. The van der Waals surface area contributed by atoms with E-state index in [1.807, 2.05) is 0 Å². The minimum atomic E-state index is -4.98. The Bertz CT molecular complexity index is 958. The molecule has 1 saturated heterocycles. The molecule has 3 atom stereocenters. The van der Waals surface area contributed by atoms with Crippen LogP contribution in [0.1, 0.15) is 49.5 Å². The van der Waals surface area contributed by atoms with Crippen molar-refractivity contribution >= 4 is 5.91 Å². The van der Waals surface area contributed by atoms with Crippen LogP contribution < -0.4 is 11.1 Å². The molecule has 2 rings (SSSR count). The average molecular weight is 506 g/mol. The zero-order chi connectivity index (χ0) is 26.7. The Hall–Kier alpha value is -2.63. The molecule has 11 heteroatoms. The molecule has 1 aromatic rings. The van der Waals surface area contributed by atoms with E-state index in [1.54, 1.807) is 31.2 Å². The van der Waals surface area contributed by atoms with Crippen molar-refractivity contribution < 1.29 is 41.0 Å². The quantitative estimate of drug-likeness (QED) is 0.349. The predicted octanol–water partition coefficient (Wildman–Crippen LogP) is 4.83. The Labute approximate surface area is 199 Å². The molecular formula is C24H28F6N2O3. The number of alkyl halides is 6. The van der Waals surface area contributed by atoms with E-state index in [1.165, 1.54) is 6.92 Å². The second kappa shape index (κ2) is 10.5. The van der Waals surface area contributed by atoms with Gasteiger partial charge in [-0.25, -0.2) is 0 Å². The van der Waals surface area contributed by atoms with E-state index in [9.17, 15) is 36.2 Å². The van der Waals surface area contributed by atoms with Gasteiger partial charge in [0, 0.05) is 6.54 Å². The number of β-amino-alcohol motifs (C(OH)–C–C–N with tert-alkyl or cyclic N) is 1. The van der Waals surface area contributed by atoms with E-state index in [0.29, 0.717) is 17.7 Å². The van der Waals surface area contributed by atoms with E-state index in [0.717, 1.165) is 0 Å². The van der Waals surface area contributed by atoms with Gasteiger partial charge in [-0.3, -0.25) is 4.79 Å². The number of hydrogen-bond donors (Lipinski definition) is 3. The van der Waals surface area contributed by atoms with Crippen LogP contribution in [0.2, 0.25) is 0 Å². The summed E-state index contributed by atoms with van der Waals surface area (Å²) in [6.45, 7) is 6.69. The highest BCUT2D eigenvalue weighted by Gasteiger charge is 2.46. The van der Waals surface area contributed by atoms with Crippen molar-refractivity contribution in [3.8, 4) is 0 Å². The molecule has 0 aromatic heterocycles. The molecule has 1 aliphatic heterocycles. The summed E-state index contributed by atoms with van der Waals surface area (Å²) in [7, 11) is 0. The second-order valence-electron chi connectivity index (χ2n) is 8.53. The summed E-state index contributed by atoms with van der Waals surface area (Å²) in [6, 6.07) is 1.29. The van der Waals surface area contributed by atoms with Gasteiger partial charge >= 0.3 is 12.4 Å². The second-order valence-corrected chi connectivity index (χ2v) is 8.53. The van der Waals surface area contributed by atoms with Gasteiger partial charge in [0.15, 0.2) is 5.60 Å². The van der Waals surface area contributed by atoms with Gasteiger partial charge in [0.05, 0.1) is 29.4 Å². The number of halogens is 6. The first-order chi connectivity index (χ1) is 16.0. The lowest BCUT2D eigenvalue weighted by Crippen LogP contribution is -2.64. The standard InChI is InChI=1S/C24H28F6N2O3/c1-4-5-6-7-15(2)21(8-9-22(34,13-32-21)20(31)33)14-35-16(3)17-10-18(23(25,26)27)12-19(11-17)24(28,29)30/h4-7,10-12,16,32,34H,2,8-9,13-14H2,1,3H3,(H2,31,33)/b5-4-,7-6-/t16-,21-,22?/m1/s1. The summed E-state index contributed by atoms with van der Waals surface area (Å²) in [5.74, 6) is -0.924. The van der Waals surface area contributed by atoms with Crippen LogP contribution in [0.5, 0.6) is 0 Å². The first-order valence-electron chi connectivity index (χ1n) is 10.7. The van der Waals surface area contributed by atoms with Gasteiger partial charge in [-0.1, -0.05) is 30.9 Å². The molecule has 1 amide bonds. The molecule has 5 nitrogen and oxygen atoms in total. The van der Waals surface area contributed by atoms with Crippen molar-refractivity contribution in [1.29, 1.82) is 0 Å². The SMILES string of the molecule is C=C(/C=C\C=C/C)[C@]1(CO[C@H](C)c2cc(C(F)(F)F)cc(C(F)(F)F)c2)CCC(O)(C(N)=O)CN1. The Morgan fingerprint density at radius 3 is 2.17 bits per heavy atom. The van der Waals surface area contributed by atoms with Crippen LogP contribution in [-0.2, 0) is 21.9 Å². The number of ether oxygens (including phenoxy) is 1. The number of amides is 1. The number of carbonyl (C=O) groups excluding carboxylic acids is 1. The van der Waals surface area contributed by atoms with Crippen LogP contribution in [0, 0.1) is 0 Å². The molecule has 0 aliphatic carbocycles. The number of benzene rings is 1. The van der Waals surface area contributed by atoms with Crippen molar-refractivity contribution in [1.82, 2.24) is 5.32 Å². The van der Waals surface area contributed by atoms with Crippen molar-refractivity contribution in [3.63, 3.8) is 0 Å². The third kappa shape index (κ3) is 6.96. The molecule has 0 saturated carbocycles. The Morgan fingerprint density at radius 1 is 1.17 bits per heavy atom. The molecule has 4 N–H and O–H groups in total. The lowest BCUT2D eigenvalue weighted by molar-refractivity contribution is -0.143. The highest BCUT2D eigenvalue weighted by atomic mass is 19.4. The van der Waals surface area contributed by atoms with E-state index in [2.05, 4.69) is 11.9 Å². The number of rotatable bonds is 8. The predicted molar refractivity (Wildman–Crippen MR) is 118 cm³/mol. The maximum atomic E-state index is 13.2. The molecule has 1 aliphatic rings. The Morgan fingerprint density at radius 2 is 1.74 bits per heavy atom. The van der Waals surface area contributed by atoms with Crippen molar-refractivity contribution in [2.45, 2.75) is 56.3 Å². The fourth-order valence-electron chi connectivity index (χ4n) is 3.63. The zero-order valence-electron chi connectivity index (χ0n) is 19.3. The van der Waals surface area contributed by atoms with Crippen LogP contribution in [-0.4, -0.2) is 35.3 Å². The highest BCUT2D eigenvalue weighted by molar-refractivity contribution is 5.83. The molecule has 1 fully saturated rings. The number of piperidine rings is 1. The van der Waals surface area contributed by atoms with Crippen LogP contribution in [0.25, 0.3) is 0 Å². The van der Waals surface area contributed by atoms with Gasteiger partial charge < -0.3 is 20.9 Å². The topological polar surface area (TPSA) is 84.6 Å². The van der Waals surface area contributed by atoms with Gasteiger partial charge in [0.2, 0.25) is 0 Å². The monoisotopic (exact) mass is 506 g/mol. The fraction of sp³-hybridized carbons (Fsp3) is 0.458. The van der Waals surface area contributed by atoms with E-state index in [4.69, 9.17) is 10.5 Å². The molecule has 1 unspecified atom stereocenters. The molecule has 0 spiro atoms. The largest absolute Gasteiger partial charge is 0.416 e. The third-order valence-corrected chi connectivity index (χ3v) is 6.02.